The third-order valence-electron chi connectivity index (χ3n) is 4.50. The van der Waals surface area contributed by atoms with Crippen LogP contribution in [0.25, 0.3) is 11.2 Å². The number of benzene rings is 1. The number of nitrogens with one attached hydrogen (secondary N) is 1. The Morgan fingerprint density at radius 3 is 2.96 bits per heavy atom. The van der Waals surface area contributed by atoms with Crippen LogP contribution in [0.15, 0.2) is 36.7 Å². The number of likely N-dealkylation sites (N-methyl/N-ethyl adjacent to an activating group) is 1. The number of ether oxygens (including phenoxy) is 1. The Morgan fingerprint density at radius 2 is 2.12 bits per heavy atom. The van der Waals surface area contributed by atoms with Crippen LogP contribution in [-0.4, -0.2) is 69.3 Å². The molecule has 1 aliphatic rings. The number of nitrogens with zero attached hydrogens (tertiary/aromatic N) is 6. The van der Waals surface area contributed by atoms with Crippen molar-refractivity contribution in [1.82, 2.24) is 29.9 Å². The molecule has 1 unspecified atom stereocenters. The largest absolute Gasteiger partial charge is 0.378 e. The number of rotatable bonds is 5. The summed E-state index contributed by atoms with van der Waals surface area (Å²) in [5.74, 6) is 0.711. The summed E-state index contributed by atoms with van der Waals surface area (Å²) in [6, 6.07) is 10.5. The van der Waals surface area contributed by atoms with Crippen molar-refractivity contribution in [1.29, 1.82) is 0 Å². The normalized spacial score (nSPS) is 18.5. The van der Waals surface area contributed by atoms with Gasteiger partial charge in [0.1, 0.15) is 6.33 Å². The lowest BCUT2D eigenvalue weighted by Gasteiger charge is -2.32. The molecular weight excluding hydrogens is 318 g/mol. The summed E-state index contributed by atoms with van der Waals surface area (Å²) in [6.07, 6.45) is 1.55. The number of aromatic nitrogens is 5. The molecule has 1 aliphatic heterocycles. The van der Waals surface area contributed by atoms with Gasteiger partial charge in [0.15, 0.2) is 17.0 Å². The van der Waals surface area contributed by atoms with E-state index in [1.54, 1.807) is 11.0 Å². The maximum atomic E-state index is 5.55. The molecule has 2 aromatic heterocycles. The summed E-state index contributed by atoms with van der Waals surface area (Å²) in [6.45, 7) is 3.83. The minimum Gasteiger partial charge on any atom is -0.378 e. The van der Waals surface area contributed by atoms with Crippen LogP contribution < -0.4 is 5.32 Å². The summed E-state index contributed by atoms with van der Waals surface area (Å²) in [7, 11) is 2.11. The minimum atomic E-state index is 0.318. The summed E-state index contributed by atoms with van der Waals surface area (Å²) < 4.78 is 7.35. The highest BCUT2D eigenvalue weighted by Crippen LogP contribution is 2.17. The van der Waals surface area contributed by atoms with E-state index >= 15 is 0 Å². The molecule has 1 N–H and O–H groups in total. The monoisotopic (exact) mass is 339 g/mol. The molecule has 0 spiro atoms. The van der Waals surface area contributed by atoms with E-state index in [2.05, 4.69) is 49.7 Å². The predicted molar refractivity (Wildman–Crippen MR) is 94.4 cm³/mol. The molecule has 1 fully saturated rings. The van der Waals surface area contributed by atoms with Gasteiger partial charge < -0.3 is 10.1 Å². The van der Waals surface area contributed by atoms with Crippen LogP contribution in [-0.2, 0) is 11.3 Å². The number of fused-ring (bicyclic) bond motifs is 1. The lowest BCUT2D eigenvalue weighted by atomic mass is 10.2. The van der Waals surface area contributed by atoms with Crippen LogP contribution in [0, 0.1) is 0 Å². The van der Waals surface area contributed by atoms with E-state index in [0.717, 1.165) is 37.5 Å². The maximum Gasteiger partial charge on any atom is 0.184 e. The van der Waals surface area contributed by atoms with Crippen molar-refractivity contribution in [2.75, 3.05) is 38.7 Å². The van der Waals surface area contributed by atoms with E-state index in [0.29, 0.717) is 23.9 Å². The van der Waals surface area contributed by atoms with Crippen molar-refractivity contribution in [2.24, 2.45) is 0 Å². The van der Waals surface area contributed by atoms with Gasteiger partial charge in [0.05, 0.1) is 25.8 Å². The fourth-order valence-electron chi connectivity index (χ4n) is 2.95. The Hall–Kier alpha value is -2.58. The fourth-order valence-corrected chi connectivity index (χ4v) is 2.95. The van der Waals surface area contributed by atoms with Gasteiger partial charge in [-0.3, -0.25) is 4.90 Å². The Balaban J connectivity index is 1.52. The van der Waals surface area contributed by atoms with Gasteiger partial charge in [0.2, 0.25) is 0 Å². The standard InChI is InChI=1S/C17H21N7O/c1-23-7-8-25-11-14(23)9-18-16-15-17(20-12-19-16)24(22-21-15)10-13-5-3-2-4-6-13/h2-6,12,14H,7-11H2,1H3,(H,18,19,20). The fraction of sp³-hybridized carbons (Fsp3) is 0.412. The first-order valence-electron chi connectivity index (χ1n) is 8.41. The molecule has 8 nitrogen and oxygen atoms in total. The molecule has 130 valence electrons. The molecule has 0 amide bonds. The van der Waals surface area contributed by atoms with Gasteiger partial charge in [-0.05, 0) is 12.6 Å². The lowest BCUT2D eigenvalue weighted by molar-refractivity contribution is 0.0109. The molecule has 1 aromatic carbocycles. The van der Waals surface area contributed by atoms with Crippen molar-refractivity contribution < 1.29 is 4.74 Å². The molecular formula is C17H21N7O. The molecule has 3 heterocycles. The Morgan fingerprint density at radius 1 is 1.24 bits per heavy atom. The van der Waals surface area contributed by atoms with Crippen molar-refractivity contribution in [3.05, 3.63) is 42.2 Å². The Kier molecular flexibility index (Phi) is 4.53. The second-order valence-electron chi connectivity index (χ2n) is 6.22. The third kappa shape index (κ3) is 3.45. The molecule has 0 aliphatic carbocycles. The van der Waals surface area contributed by atoms with Crippen LogP contribution in [0.2, 0.25) is 0 Å². The molecule has 0 radical (unpaired) electrons. The van der Waals surface area contributed by atoms with Gasteiger partial charge in [-0.1, -0.05) is 35.5 Å². The first-order chi connectivity index (χ1) is 12.3. The first kappa shape index (κ1) is 15.9. The topological polar surface area (TPSA) is 81.0 Å². The van der Waals surface area contributed by atoms with Crippen LogP contribution in [0.5, 0.6) is 0 Å². The van der Waals surface area contributed by atoms with Crippen molar-refractivity contribution in [3.8, 4) is 0 Å². The van der Waals surface area contributed by atoms with E-state index in [1.165, 1.54) is 0 Å². The summed E-state index contributed by atoms with van der Waals surface area (Å²) in [5, 5.41) is 11.9. The highest BCUT2D eigenvalue weighted by molar-refractivity contribution is 5.81. The van der Waals surface area contributed by atoms with Gasteiger partial charge in [0, 0.05) is 13.1 Å². The van der Waals surface area contributed by atoms with Crippen LogP contribution in [0.3, 0.4) is 0 Å². The zero-order valence-electron chi connectivity index (χ0n) is 14.2. The van der Waals surface area contributed by atoms with Gasteiger partial charge in [-0.15, -0.1) is 5.10 Å². The van der Waals surface area contributed by atoms with Gasteiger partial charge in [0.25, 0.3) is 0 Å². The van der Waals surface area contributed by atoms with Crippen molar-refractivity contribution >= 4 is 17.0 Å². The van der Waals surface area contributed by atoms with Crippen LogP contribution in [0.4, 0.5) is 5.82 Å². The highest BCUT2D eigenvalue weighted by Gasteiger charge is 2.20. The molecule has 3 aromatic rings. The first-order valence-corrected chi connectivity index (χ1v) is 8.41. The zero-order valence-corrected chi connectivity index (χ0v) is 14.2. The van der Waals surface area contributed by atoms with E-state index in [9.17, 15) is 0 Å². The minimum absolute atomic E-state index is 0.318. The lowest BCUT2D eigenvalue weighted by Crippen LogP contribution is -2.46. The molecule has 4 rings (SSSR count). The zero-order chi connectivity index (χ0) is 17.1. The van der Waals surface area contributed by atoms with E-state index in [-0.39, 0.29) is 0 Å². The van der Waals surface area contributed by atoms with Crippen molar-refractivity contribution in [3.63, 3.8) is 0 Å². The molecule has 1 atom stereocenters. The Bertz CT molecular complexity index is 835. The average molecular weight is 339 g/mol. The highest BCUT2D eigenvalue weighted by atomic mass is 16.5. The summed E-state index contributed by atoms with van der Waals surface area (Å²) >= 11 is 0. The number of morpholine rings is 1. The van der Waals surface area contributed by atoms with Gasteiger partial charge >= 0.3 is 0 Å². The average Bonchev–Trinajstić information content (AvgIpc) is 3.05. The summed E-state index contributed by atoms with van der Waals surface area (Å²) in [4.78, 5) is 11.0. The Labute approximate surface area is 145 Å². The predicted octanol–water partition coefficient (Wildman–Crippen LogP) is 1.01. The van der Waals surface area contributed by atoms with E-state index < -0.39 is 0 Å². The molecule has 1 saturated heterocycles. The second kappa shape index (κ2) is 7.12. The third-order valence-corrected chi connectivity index (χ3v) is 4.50. The van der Waals surface area contributed by atoms with E-state index in [4.69, 9.17) is 4.74 Å². The number of anilines is 1. The van der Waals surface area contributed by atoms with Gasteiger partial charge in [-0.2, -0.15) is 0 Å². The second-order valence-corrected chi connectivity index (χ2v) is 6.22. The van der Waals surface area contributed by atoms with Crippen LogP contribution in [0.1, 0.15) is 5.56 Å². The molecule has 0 bridgehead atoms. The number of hydrogen-bond acceptors (Lipinski definition) is 7. The quantitative estimate of drug-likeness (QED) is 0.743. The van der Waals surface area contributed by atoms with Crippen molar-refractivity contribution in [2.45, 2.75) is 12.6 Å². The van der Waals surface area contributed by atoms with Crippen LogP contribution >= 0.6 is 0 Å². The smallest absolute Gasteiger partial charge is 0.184 e. The number of hydrogen-bond donors (Lipinski definition) is 1. The summed E-state index contributed by atoms with van der Waals surface area (Å²) in [5.41, 5.74) is 2.58. The molecule has 0 saturated carbocycles. The maximum absolute atomic E-state index is 5.55. The molecule has 25 heavy (non-hydrogen) atoms. The van der Waals surface area contributed by atoms with E-state index in [1.807, 2.05) is 18.2 Å². The van der Waals surface area contributed by atoms with Gasteiger partial charge in [-0.25, -0.2) is 14.6 Å². The molecule has 8 heteroatoms. The SMILES string of the molecule is CN1CCOCC1CNc1ncnc2c1nnn2Cc1ccccc1.